The second-order valence-electron chi connectivity index (χ2n) is 5.08. The Bertz CT molecular complexity index is 1020. The fraction of sp³-hybridized carbons (Fsp3) is 0.0667. The predicted molar refractivity (Wildman–Crippen MR) is 87.7 cm³/mol. The molecule has 1 aromatic heterocycles. The molecule has 0 aliphatic heterocycles. The van der Waals surface area contributed by atoms with E-state index in [2.05, 4.69) is 10.1 Å². The topological polar surface area (TPSA) is 76.9 Å². The molecule has 0 radical (unpaired) electrons. The van der Waals surface area contributed by atoms with Crippen LogP contribution in [0, 0.1) is 11.6 Å². The van der Waals surface area contributed by atoms with Gasteiger partial charge in [-0.25, -0.2) is 26.6 Å². The largest absolute Gasteiger partial charge is 0.267 e. The monoisotopic (exact) mass is 384 g/mol. The molecule has 10 heteroatoms. The van der Waals surface area contributed by atoms with Gasteiger partial charge in [0.15, 0.2) is 0 Å². The molecule has 0 spiro atoms. The van der Waals surface area contributed by atoms with E-state index in [1.165, 1.54) is 11.0 Å². The fourth-order valence-corrected chi connectivity index (χ4v) is 3.35. The first kappa shape index (κ1) is 17.3. The van der Waals surface area contributed by atoms with Crippen molar-refractivity contribution < 1.29 is 17.2 Å². The maximum atomic E-state index is 13.7. The van der Waals surface area contributed by atoms with Crippen LogP contribution < -0.4 is 4.72 Å². The van der Waals surface area contributed by atoms with Crippen LogP contribution in [0.2, 0.25) is 5.02 Å². The minimum Gasteiger partial charge on any atom is -0.246 e. The molecule has 0 saturated heterocycles. The van der Waals surface area contributed by atoms with Crippen molar-refractivity contribution in [2.75, 3.05) is 4.72 Å². The van der Waals surface area contributed by atoms with E-state index in [0.29, 0.717) is 17.6 Å². The molecule has 0 bridgehead atoms. The SMILES string of the molecule is O=S(=O)(Nc1ncn(Cc2cccc(Cl)c2)n1)c1cc(F)ccc1F. The van der Waals surface area contributed by atoms with Crippen molar-refractivity contribution in [1.29, 1.82) is 0 Å². The van der Waals surface area contributed by atoms with Crippen molar-refractivity contribution in [3.63, 3.8) is 0 Å². The second kappa shape index (κ2) is 6.77. The molecule has 0 atom stereocenters. The molecule has 25 heavy (non-hydrogen) atoms. The Balaban J connectivity index is 1.80. The van der Waals surface area contributed by atoms with Crippen LogP contribution >= 0.6 is 11.6 Å². The summed E-state index contributed by atoms with van der Waals surface area (Å²) in [6, 6.07) is 9.18. The summed E-state index contributed by atoms with van der Waals surface area (Å²) in [5.74, 6) is -2.21. The lowest BCUT2D eigenvalue weighted by Crippen LogP contribution is -2.16. The minimum absolute atomic E-state index is 0.259. The minimum atomic E-state index is -4.36. The summed E-state index contributed by atoms with van der Waals surface area (Å²) in [5.41, 5.74) is 0.836. The van der Waals surface area contributed by atoms with Crippen LogP contribution in [0.1, 0.15) is 5.56 Å². The van der Waals surface area contributed by atoms with Crippen LogP contribution in [0.4, 0.5) is 14.7 Å². The van der Waals surface area contributed by atoms with Gasteiger partial charge in [-0.15, -0.1) is 5.10 Å². The van der Waals surface area contributed by atoms with Crippen LogP contribution in [-0.2, 0) is 16.6 Å². The second-order valence-corrected chi connectivity index (χ2v) is 7.16. The third-order valence-corrected chi connectivity index (χ3v) is 4.76. The number of anilines is 1. The van der Waals surface area contributed by atoms with Gasteiger partial charge in [0.1, 0.15) is 22.9 Å². The zero-order chi connectivity index (χ0) is 18.0. The van der Waals surface area contributed by atoms with Crippen molar-refractivity contribution in [3.8, 4) is 0 Å². The number of halogens is 3. The number of sulfonamides is 1. The van der Waals surface area contributed by atoms with Crippen molar-refractivity contribution in [2.45, 2.75) is 11.4 Å². The number of hydrogen-bond donors (Lipinski definition) is 1. The summed E-state index contributed by atoms with van der Waals surface area (Å²) in [6.45, 7) is 0.309. The third-order valence-electron chi connectivity index (χ3n) is 3.18. The smallest absolute Gasteiger partial charge is 0.246 e. The standard InChI is InChI=1S/C15H11ClF2N4O2S/c16-11-3-1-2-10(6-11)8-22-9-19-15(20-22)21-25(23,24)14-7-12(17)4-5-13(14)18/h1-7,9H,8H2,(H,20,21). The summed E-state index contributed by atoms with van der Waals surface area (Å²) in [4.78, 5) is 2.99. The third kappa shape index (κ3) is 4.12. The number of nitrogens with one attached hydrogen (secondary N) is 1. The quantitative estimate of drug-likeness (QED) is 0.733. The lowest BCUT2D eigenvalue weighted by molar-refractivity contribution is 0.555. The maximum absolute atomic E-state index is 13.7. The average Bonchev–Trinajstić information content (AvgIpc) is 2.96. The Morgan fingerprint density at radius 2 is 1.96 bits per heavy atom. The molecule has 6 nitrogen and oxygen atoms in total. The van der Waals surface area contributed by atoms with E-state index in [4.69, 9.17) is 11.6 Å². The van der Waals surface area contributed by atoms with Gasteiger partial charge in [0, 0.05) is 5.02 Å². The molecule has 3 rings (SSSR count). The van der Waals surface area contributed by atoms with Gasteiger partial charge in [-0.05, 0) is 35.9 Å². The maximum Gasteiger partial charge on any atom is 0.267 e. The number of hydrogen-bond acceptors (Lipinski definition) is 4. The van der Waals surface area contributed by atoms with Crippen LogP contribution in [0.5, 0.6) is 0 Å². The van der Waals surface area contributed by atoms with Crippen LogP contribution in [0.3, 0.4) is 0 Å². The Morgan fingerprint density at radius 3 is 2.72 bits per heavy atom. The van der Waals surface area contributed by atoms with Gasteiger partial charge in [-0.3, -0.25) is 0 Å². The van der Waals surface area contributed by atoms with Crippen molar-refractivity contribution >= 4 is 27.6 Å². The highest BCUT2D eigenvalue weighted by Gasteiger charge is 2.21. The lowest BCUT2D eigenvalue weighted by Gasteiger charge is -2.06. The molecule has 0 aliphatic carbocycles. The molecule has 1 heterocycles. The molecule has 3 aromatic rings. The normalized spacial score (nSPS) is 11.5. The van der Waals surface area contributed by atoms with E-state index in [1.807, 2.05) is 10.8 Å². The predicted octanol–water partition coefficient (Wildman–Crippen LogP) is 3.06. The summed E-state index contributed by atoms with van der Waals surface area (Å²) in [7, 11) is -4.36. The van der Waals surface area contributed by atoms with Crippen LogP contribution in [0.15, 0.2) is 53.7 Å². The Labute approximate surface area is 147 Å². The van der Waals surface area contributed by atoms with Crippen LogP contribution in [-0.4, -0.2) is 23.2 Å². The van der Waals surface area contributed by atoms with Gasteiger partial charge in [0.25, 0.3) is 16.0 Å². The van der Waals surface area contributed by atoms with E-state index in [1.54, 1.807) is 18.2 Å². The molecule has 130 valence electrons. The van der Waals surface area contributed by atoms with Crippen LogP contribution in [0.25, 0.3) is 0 Å². The highest BCUT2D eigenvalue weighted by molar-refractivity contribution is 7.92. The molecule has 0 fully saturated rings. The average molecular weight is 385 g/mol. The van der Waals surface area contributed by atoms with Gasteiger partial charge >= 0.3 is 0 Å². The summed E-state index contributed by atoms with van der Waals surface area (Å²) in [5, 5.41) is 4.51. The molecular weight excluding hydrogens is 374 g/mol. The van der Waals surface area contributed by atoms with Crippen molar-refractivity contribution in [3.05, 3.63) is 71.0 Å². The molecule has 0 aliphatic rings. The van der Waals surface area contributed by atoms with E-state index in [-0.39, 0.29) is 5.95 Å². The Kier molecular flexibility index (Phi) is 4.69. The molecule has 0 unspecified atom stereocenters. The van der Waals surface area contributed by atoms with Crippen molar-refractivity contribution in [1.82, 2.24) is 14.8 Å². The van der Waals surface area contributed by atoms with E-state index < -0.39 is 26.6 Å². The zero-order valence-electron chi connectivity index (χ0n) is 12.5. The first-order valence-electron chi connectivity index (χ1n) is 6.95. The van der Waals surface area contributed by atoms with Gasteiger partial charge in [0.2, 0.25) is 0 Å². The molecule has 0 saturated carbocycles. The lowest BCUT2D eigenvalue weighted by atomic mass is 10.2. The summed E-state index contributed by atoms with van der Waals surface area (Å²) >= 11 is 5.90. The van der Waals surface area contributed by atoms with Gasteiger partial charge in [-0.2, -0.15) is 4.98 Å². The number of benzene rings is 2. The Hall–Kier alpha value is -2.52. The van der Waals surface area contributed by atoms with E-state index in [0.717, 1.165) is 17.7 Å². The number of aromatic nitrogens is 3. The first-order chi connectivity index (χ1) is 11.8. The fourth-order valence-electron chi connectivity index (χ4n) is 2.10. The number of nitrogens with zero attached hydrogens (tertiary/aromatic N) is 3. The van der Waals surface area contributed by atoms with Gasteiger partial charge < -0.3 is 0 Å². The van der Waals surface area contributed by atoms with E-state index in [9.17, 15) is 17.2 Å². The molecule has 2 aromatic carbocycles. The Morgan fingerprint density at radius 1 is 1.16 bits per heavy atom. The van der Waals surface area contributed by atoms with Crippen molar-refractivity contribution in [2.24, 2.45) is 0 Å². The number of rotatable bonds is 5. The molecule has 0 amide bonds. The van der Waals surface area contributed by atoms with Gasteiger partial charge in [-0.1, -0.05) is 23.7 Å². The summed E-state index contributed by atoms with van der Waals surface area (Å²) in [6.07, 6.45) is 1.31. The highest BCUT2D eigenvalue weighted by Crippen LogP contribution is 2.18. The molecular formula is C15H11ClF2N4O2S. The zero-order valence-corrected chi connectivity index (χ0v) is 14.1. The van der Waals surface area contributed by atoms with Gasteiger partial charge in [0.05, 0.1) is 6.54 Å². The highest BCUT2D eigenvalue weighted by atomic mass is 35.5. The first-order valence-corrected chi connectivity index (χ1v) is 8.81. The summed E-state index contributed by atoms with van der Waals surface area (Å²) < 4.78 is 54.6. The molecule has 1 N–H and O–H groups in total. The van der Waals surface area contributed by atoms with E-state index >= 15 is 0 Å².